The Morgan fingerprint density at radius 2 is 1.63 bits per heavy atom. The third-order valence-electron chi connectivity index (χ3n) is 5.32. The predicted octanol–water partition coefficient (Wildman–Crippen LogP) is 6.45. The summed E-state index contributed by atoms with van der Waals surface area (Å²) in [7, 11) is 1.61. The highest BCUT2D eigenvalue weighted by molar-refractivity contribution is 9.10. The van der Waals surface area contributed by atoms with Crippen LogP contribution in [0.1, 0.15) is 36.4 Å². The van der Waals surface area contributed by atoms with E-state index in [1.165, 1.54) is 0 Å². The summed E-state index contributed by atoms with van der Waals surface area (Å²) in [5, 5.41) is 15.8. The number of methoxy groups -OCH3 is 1. The van der Waals surface area contributed by atoms with Crippen LogP contribution in [0.25, 0.3) is 0 Å². The van der Waals surface area contributed by atoms with Crippen molar-refractivity contribution >= 4 is 21.6 Å². The van der Waals surface area contributed by atoms with Gasteiger partial charge in [0.2, 0.25) is 6.04 Å². The van der Waals surface area contributed by atoms with Crippen LogP contribution in [0, 0.1) is 10.1 Å². The second-order valence-corrected chi connectivity index (χ2v) is 7.93. The number of hydrogen-bond donors (Lipinski definition) is 1. The SMILES string of the molecule is CC[C@@H](c1ccccc1)[C@H]([C@H](Nc1ccc(OC)cc1)c1ccccc1Br)[N+](=O)[O-]. The van der Waals surface area contributed by atoms with Crippen molar-refractivity contribution in [1.29, 1.82) is 0 Å². The van der Waals surface area contributed by atoms with Crippen LogP contribution in [0.4, 0.5) is 5.69 Å². The number of nitro groups is 1. The molecule has 1 N–H and O–H groups in total. The molecule has 3 aromatic carbocycles. The summed E-state index contributed by atoms with van der Waals surface area (Å²) in [6.07, 6.45) is 0.654. The number of nitrogens with zero attached hydrogens (tertiary/aromatic N) is 1. The molecule has 5 nitrogen and oxygen atoms in total. The Labute approximate surface area is 185 Å². The molecule has 0 heterocycles. The number of anilines is 1. The number of ether oxygens (including phenoxy) is 1. The minimum absolute atomic E-state index is 0.151. The molecule has 30 heavy (non-hydrogen) atoms. The van der Waals surface area contributed by atoms with Gasteiger partial charge in [0.25, 0.3) is 0 Å². The van der Waals surface area contributed by atoms with E-state index >= 15 is 0 Å². The van der Waals surface area contributed by atoms with Gasteiger partial charge in [0.1, 0.15) is 11.8 Å². The van der Waals surface area contributed by atoms with Crippen molar-refractivity contribution in [1.82, 2.24) is 0 Å². The molecule has 0 spiro atoms. The topological polar surface area (TPSA) is 64.4 Å². The van der Waals surface area contributed by atoms with Crippen LogP contribution >= 0.6 is 15.9 Å². The lowest BCUT2D eigenvalue weighted by molar-refractivity contribution is -0.530. The largest absolute Gasteiger partial charge is 0.497 e. The van der Waals surface area contributed by atoms with Gasteiger partial charge >= 0.3 is 0 Å². The molecule has 0 saturated heterocycles. The van der Waals surface area contributed by atoms with E-state index in [9.17, 15) is 10.1 Å². The first kappa shape index (κ1) is 21.8. The molecule has 156 valence electrons. The molecule has 3 rings (SSSR count). The molecule has 0 radical (unpaired) electrons. The maximum atomic E-state index is 12.4. The van der Waals surface area contributed by atoms with E-state index < -0.39 is 12.1 Å². The summed E-state index contributed by atoms with van der Waals surface area (Å²) >= 11 is 3.60. The maximum Gasteiger partial charge on any atom is 0.243 e. The Hall–Kier alpha value is -2.86. The van der Waals surface area contributed by atoms with Crippen LogP contribution < -0.4 is 10.1 Å². The van der Waals surface area contributed by atoms with Gasteiger partial charge in [0.05, 0.1) is 13.0 Å². The molecule has 0 aromatic heterocycles. The van der Waals surface area contributed by atoms with E-state index in [2.05, 4.69) is 21.2 Å². The lowest BCUT2D eigenvalue weighted by atomic mass is 9.83. The second kappa shape index (κ2) is 10.3. The number of halogens is 1. The first-order valence-corrected chi connectivity index (χ1v) is 10.7. The molecule has 0 unspecified atom stereocenters. The van der Waals surface area contributed by atoms with Crippen LogP contribution in [0.3, 0.4) is 0 Å². The summed E-state index contributed by atoms with van der Waals surface area (Å²) in [6.45, 7) is 2.00. The van der Waals surface area contributed by atoms with Gasteiger partial charge in [-0.05, 0) is 47.9 Å². The third kappa shape index (κ3) is 5.00. The highest BCUT2D eigenvalue weighted by Gasteiger charge is 2.41. The average Bonchev–Trinajstić information content (AvgIpc) is 2.77. The fourth-order valence-corrected chi connectivity index (χ4v) is 4.35. The molecule has 3 aromatic rings. The van der Waals surface area contributed by atoms with E-state index in [4.69, 9.17) is 4.74 Å². The highest BCUT2D eigenvalue weighted by atomic mass is 79.9. The van der Waals surface area contributed by atoms with Crippen molar-refractivity contribution < 1.29 is 9.66 Å². The zero-order valence-corrected chi connectivity index (χ0v) is 18.6. The molecular weight excluding hydrogens is 444 g/mol. The number of nitrogens with one attached hydrogen (secondary N) is 1. The second-order valence-electron chi connectivity index (χ2n) is 7.07. The van der Waals surface area contributed by atoms with E-state index in [1.807, 2.05) is 85.8 Å². The molecule has 3 atom stereocenters. The van der Waals surface area contributed by atoms with Gasteiger partial charge in [-0.3, -0.25) is 10.1 Å². The first-order valence-electron chi connectivity index (χ1n) is 9.88. The van der Waals surface area contributed by atoms with Gasteiger partial charge in [-0.25, -0.2) is 0 Å². The van der Waals surface area contributed by atoms with E-state index in [0.717, 1.165) is 27.0 Å². The van der Waals surface area contributed by atoms with Gasteiger partial charge in [-0.15, -0.1) is 0 Å². The fourth-order valence-electron chi connectivity index (χ4n) is 3.82. The highest BCUT2D eigenvalue weighted by Crippen LogP contribution is 2.38. The van der Waals surface area contributed by atoms with Gasteiger partial charge < -0.3 is 10.1 Å². The lowest BCUT2D eigenvalue weighted by Gasteiger charge is -2.29. The van der Waals surface area contributed by atoms with E-state index in [1.54, 1.807) is 7.11 Å². The molecule has 0 saturated carbocycles. The molecular formula is C24H25BrN2O3. The summed E-state index contributed by atoms with van der Waals surface area (Å²) in [4.78, 5) is 12.3. The molecule has 0 aliphatic carbocycles. The third-order valence-corrected chi connectivity index (χ3v) is 6.04. The Morgan fingerprint density at radius 1 is 1.00 bits per heavy atom. The van der Waals surface area contributed by atoms with Crippen molar-refractivity contribution in [3.05, 3.63) is 105 Å². The summed E-state index contributed by atoms with van der Waals surface area (Å²) in [6, 6.07) is 23.4. The Bertz CT molecular complexity index is 964. The minimum Gasteiger partial charge on any atom is -0.497 e. The van der Waals surface area contributed by atoms with Gasteiger partial charge in [0.15, 0.2) is 0 Å². The monoisotopic (exact) mass is 468 g/mol. The summed E-state index contributed by atoms with van der Waals surface area (Å²) in [5.74, 6) is 0.489. The van der Waals surface area contributed by atoms with Crippen LogP contribution in [0.5, 0.6) is 5.75 Å². The van der Waals surface area contributed by atoms with Crippen LogP contribution in [-0.2, 0) is 0 Å². The minimum atomic E-state index is -0.863. The van der Waals surface area contributed by atoms with E-state index in [-0.39, 0.29) is 10.8 Å². The van der Waals surface area contributed by atoms with Crippen molar-refractivity contribution in [3.8, 4) is 5.75 Å². The maximum absolute atomic E-state index is 12.4. The predicted molar refractivity (Wildman–Crippen MR) is 124 cm³/mol. The molecule has 0 amide bonds. The van der Waals surface area contributed by atoms with Gasteiger partial charge in [-0.1, -0.05) is 71.4 Å². The standard InChI is InChI=1S/C24H25BrN2O3/c1-3-20(17-9-5-4-6-10-17)24(27(28)29)23(21-11-7-8-12-22(21)25)26-18-13-15-19(30-2)16-14-18/h4-16,20,23-24,26H,3H2,1-2H3/t20-,23+,24+/m0/s1. The van der Waals surface area contributed by atoms with Crippen LogP contribution in [0.15, 0.2) is 83.3 Å². The average molecular weight is 469 g/mol. The number of benzene rings is 3. The normalized spacial score (nSPS) is 13.8. The van der Waals surface area contributed by atoms with Crippen molar-refractivity contribution in [3.63, 3.8) is 0 Å². The molecule has 0 aliphatic rings. The first-order chi connectivity index (χ1) is 14.5. The summed E-state index contributed by atoms with van der Waals surface area (Å²) < 4.78 is 6.07. The van der Waals surface area contributed by atoms with Gasteiger partial charge in [-0.2, -0.15) is 0 Å². The van der Waals surface area contributed by atoms with Crippen LogP contribution in [0.2, 0.25) is 0 Å². The molecule has 0 aliphatic heterocycles. The van der Waals surface area contributed by atoms with Crippen molar-refractivity contribution in [2.24, 2.45) is 0 Å². The Kier molecular flexibility index (Phi) is 7.46. The van der Waals surface area contributed by atoms with Gasteiger partial charge in [0, 0.05) is 15.1 Å². The zero-order valence-electron chi connectivity index (χ0n) is 17.0. The molecule has 6 heteroatoms. The molecule has 0 fully saturated rings. The fraction of sp³-hybridized carbons (Fsp3) is 0.250. The van der Waals surface area contributed by atoms with E-state index in [0.29, 0.717) is 6.42 Å². The quantitative estimate of drug-likeness (QED) is 0.289. The van der Waals surface area contributed by atoms with Crippen molar-refractivity contribution in [2.45, 2.75) is 31.3 Å². The smallest absolute Gasteiger partial charge is 0.243 e. The Balaban J connectivity index is 2.07. The van der Waals surface area contributed by atoms with Crippen molar-refractivity contribution in [2.75, 3.05) is 12.4 Å². The lowest BCUT2D eigenvalue weighted by Crippen LogP contribution is -2.38. The zero-order chi connectivity index (χ0) is 21.5. The number of rotatable bonds is 9. The Morgan fingerprint density at radius 3 is 2.20 bits per heavy atom. The number of hydrogen-bond acceptors (Lipinski definition) is 4. The summed E-state index contributed by atoms with van der Waals surface area (Å²) in [5.41, 5.74) is 2.62. The van der Waals surface area contributed by atoms with Crippen LogP contribution in [-0.4, -0.2) is 18.1 Å². The molecule has 0 bridgehead atoms.